The molecule has 1 unspecified atom stereocenters. The Hall–Kier alpha value is -2.82. The topological polar surface area (TPSA) is 78.4 Å². The normalized spacial score (nSPS) is 11.8. The van der Waals surface area contributed by atoms with E-state index in [1.165, 1.54) is 12.1 Å². The van der Waals surface area contributed by atoms with Crippen LogP contribution in [0.4, 0.5) is 5.69 Å². The molecule has 2 amide bonds. The lowest BCUT2D eigenvalue weighted by atomic mass is 10.0. The Balaban J connectivity index is 2.09. The number of benzene rings is 2. The molecule has 0 saturated heterocycles. The second-order valence-electron chi connectivity index (χ2n) is 6.10. The SMILES string of the molecule is Cc1ccc(C(=O)NC(C(=O)Nc2cccc(O)c2)C(C)C)cc1. The number of phenols is 1. The van der Waals surface area contributed by atoms with Gasteiger partial charge in [0.1, 0.15) is 11.8 Å². The summed E-state index contributed by atoms with van der Waals surface area (Å²) in [6.07, 6.45) is 0. The van der Waals surface area contributed by atoms with Gasteiger partial charge in [0, 0.05) is 17.3 Å². The zero-order chi connectivity index (χ0) is 17.7. The van der Waals surface area contributed by atoms with Gasteiger partial charge < -0.3 is 15.7 Å². The van der Waals surface area contributed by atoms with Crippen LogP contribution in [0.5, 0.6) is 5.75 Å². The van der Waals surface area contributed by atoms with Crippen molar-refractivity contribution in [2.45, 2.75) is 26.8 Å². The molecular formula is C19H22N2O3. The highest BCUT2D eigenvalue weighted by Crippen LogP contribution is 2.16. The van der Waals surface area contributed by atoms with E-state index in [4.69, 9.17) is 0 Å². The van der Waals surface area contributed by atoms with Gasteiger partial charge in [-0.15, -0.1) is 0 Å². The molecule has 126 valence electrons. The zero-order valence-electron chi connectivity index (χ0n) is 14.0. The van der Waals surface area contributed by atoms with Crippen molar-refractivity contribution >= 4 is 17.5 Å². The van der Waals surface area contributed by atoms with Crippen LogP contribution in [0.15, 0.2) is 48.5 Å². The van der Waals surface area contributed by atoms with Crippen LogP contribution in [-0.4, -0.2) is 23.0 Å². The van der Waals surface area contributed by atoms with Gasteiger partial charge in [0.15, 0.2) is 0 Å². The summed E-state index contributed by atoms with van der Waals surface area (Å²) in [5.41, 5.74) is 2.06. The molecule has 5 heteroatoms. The fraction of sp³-hybridized carbons (Fsp3) is 0.263. The van der Waals surface area contributed by atoms with Gasteiger partial charge in [-0.2, -0.15) is 0 Å². The van der Waals surface area contributed by atoms with Crippen molar-refractivity contribution in [1.29, 1.82) is 0 Å². The van der Waals surface area contributed by atoms with Crippen LogP contribution in [0, 0.1) is 12.8 Å². The van der Waals surface area contributed by atoms with E-state index >= 15 is 0 Å². The highest BCUT2D eigenvalue weighted by Gasteiger charge is 2.24. The maximum absolute atomic E-state index is 12.5. The van der Waals surface area contributed by atoms with Crippen molar-refractivity contribution in [3.8, 4) is 5.75 Å². The monoisotopic (exact) mass is 326 g/mol. The van der Waals surface area contributed by atoms with Crippen LogP contribution < -0.4 is 10.6 Å². The largest absolute Gasteiger partial charge is 0.508 e. The number of hydrogen-bond donors (Lipinski definition) is 3. The molecule has 2 aromatic carbocycles. The molecule has 0 aliphatic heterocycles. The quantitative estimate of drug-likeness (QED) is 0.790. The number of rotatable bonds is 5. The second-order valence-corrected chi connectivity index (χ2v) is 6.10. The lowest BCUT2D eigenvalue weighted by Gasteiger charge is -2.22. The van der Waals surface area contributed by atoms with Gasteiger partial charge in [-0.1, -0.05) is 37.6 Å². The molecule has 0 aliphatic rings. The highest BCUT2D eigenvalue weighted by molar-refractivity contribution is 6.01. The van der Waals surface area contributed by atoms with Gasteiger partial charge in [0.25, 0.3) is 5.91 Å². The Bertz CT molecular complexity index is 724. The average molecular weight is 326 g/mol. The number of phenolic OH excluding ortho intramolecular Hbond substituents is 1. The number of amides is 2. The molecule has 24 heavy (non-hydrogen) atoms. The smallest absolute Gasteiger partial charge is 0.251 e. The summed E-state index contributed by atoms with van der Waals surface area (Å²) in [7, 11) is 0. The number of hydrogen-bond acceptors (Lipinski definition) is 3. The molecule has 0 radical (unpaired) electrons. The lowest BCUT2D eigenvalue weighted by Crippen LogP contribution is -2.47. The third-order valence-electron chi connectivity index (χ3n) is 3.66. The van der Waals surface area contributed by atoms with Crippen LogP contribution in [0.1, 0.15) is 29.8 Å². The van der Waals surface area contributed by atoms with Gasteiger partial charge in [-0.3, -0.25) is 9.59 Å². The van der Waals surface area contributed by atoms with Crippen LogP contribution in [-0.2, 0) is 4.79 Å². The summed E-state index contributed by atoms with van der Waals surface area (Å²) in [6, 6.07) is 12.8. The number of carbonyl (C=O) groups excluding carboxylic acids is 2. The van der Waals surface area contributed by atoms with E-state index in [-0.39, 0.29) is 23.5 Å². The Kier molecular flexibility index (Phi) is 5.58. The molecule has 5 nitrogen and oxygen atoms in total. The van der Waals surface area contributed by atoms with E-state index in [0.717, 1.165) is 5.56 Å². The summed E-state index contributed by atoms with van der Waals surface area (Å²) < 4.78 is 0. The van der Waals surface area contributed by atoms with Crippen LogP contribution in [0.3, 0.4) is 0 Å². The first kappa shape index (κ1) is 17.5. The maximum atomic E-state index is 12.5. The van der Waals surface area contributed by atoms with E-state index in [0.29, 0.717) is 11.3 Å². The number of anilines is 1. The minimum atomic E-state index is -0.679. The van der Waals surface area contributed by atoms with E-state index in [1.54, 1.807) is 24.3 Å². The van der Waals surface area contributed by atoms with Crippen molar-refractivity contribution in [3.05, 3.63) is 59.7 Å². The molecule has 0 fully saturated rings. The van der Waals surface area contributed by atoms with Gasteiger partial charge in [0.2, 0.25) is 5.91 Å². The second kappa shape index (κ2) is 7.64. The Morgan fingerprint density at radius 1 is 1.04 bits per heavy atom. The highest BCUT2D eigenvalue weighted by atomic mass is 16.3. The van der Waals surface area contributed by atoms with Gasteiger partial charge in [0.05, 0.1) is 0 Å². The Labute approximate surface area is 141 Å². The summed E-state index contributed by atoms with van der Waals surface area (Å²) in [5, 5.41) is 15.0. The number of nitrogens with one attached hydrogen (secondary N) is 2. The molecule has 2 aromatic rings. The van der Waals surface area contributed by atoms with Crippen LogP contribution in [0.2, 0.25) is 0 Å². The fourth-order valence-electron chi connectivity index (χ4n) is 2.27. The molecule has 0 bridgehead atoms. The van der Waals surface area contributed by atoms with Crippen molar-refractivity contribution in [3.63, 3.8) is 0 Å². The average Bonchev–Trinajstić information content (AvgIpc) is 2.52. The maximum Gasteiger partial charge on any atom is 0.251 e. The number of aromatic hydroxyl groups is 1. The summed E-state index contributed by atoms with van der Waals surface area (Å²) in [6.45, 7) is 5.67. The number of aryl methyl sites for hydroxylation is 1. The molecule has 0 saturated carbocycles. The van der Waals surface area contributed by atoms with E-state index in [2.05, 4.69) is 10.6 Å². The molecule has 2 rings (SSSR count). The molecule has 1 atom stereocenters. The van der Waals surface area contributed by atoms with E-state index in [9.17, 15) is 14.7 Å². The van der Waals surface area contributed by atoms with E-state index in [1.807, 2.05) is 32.9 Å². The van der Waals surface area contributed by atoms with Crippen molar-refractivity contribution in [1.82, 2.24) is 5.32 Å². The predicted molar refractivity (Wildman–Crippen MR) is 94.0 cm³/mol. The Morgan fingerprint density at radius 3 is 2.29 bits per heavy atom. The first-order chi connectivity index (χ1) is 11.4. The molecular weight excluding hydrogens is 304 g/mol. The Morgan fingerprint density at radius 2 is 1.71 bits per heavy atom. The van der Waals surface area contributed by atoms with Crippen LogP contribution >= 0.6 is 0 Å². The lowest BCUT2D eigenvalue weighted by molar-refractivity contribution is -0.118. The summed E-state index contributed by atoms with van der Waals surface area (Å²) in [5.74, 6) is -0.634. The third kappa shape index (κ3) is 4.59. The standard InChI is InChI=1S/C19H22N2O3/c1-12(2)17(19(24)20-15-5-4-6-16(22)11-15)21-18(23)14-9-7-13(3)8-10-14/h4-12,17,22H,1-3H3,(H,20,24)(H,21,23). The molecule has 0 aliphatic carbocycles. The first-order valence-electron chi connectivity index (χ1n) is 7.84. The number of carbonyl (C=O) groups is 2. The van der Waals surface area contributed by atoms with Gasteiger partial charge >= 0.3 is 0 Å². The fourth-order valence-corrected chi connectivity index (χ4v) is 2.27. The minimum Gasteiger partial charge on any atom is -0.508 e. The third-order valence-corrected chi connectivity index (χ3v) is 3.66. The molecule has 0 spiro atoms. The van der Waals surface area contributed by atoms with Crippen LogP contribution in [0.25, 0.3) is 0 Å². The summed E-state index contributed by atoms with van der Waals surface area (Å²) >= 11 is 0. The van der Waals surface area contributed by atoms with Crippen molar-refractivity contribution in [2.75, 3.05) is 5.32 Å². The molecule has 0 aromatic heterocycles. The zero-order valence-corrected chi connectivity index (χ0v) is 14.0. The van der Waals surface area contributed by atoms with Crippen molar-refractivity contribution in [2.24, 2.45) is 5.92 Å². The van der Waals surface area contributed by atoms with Gasteiger partial charge in [-0.25, -0.2) is 0 Å². The molecule has 3 N–H and O–H groups in total. The summed E-state index contributed by atoms with van der Waals surface area (Å²) in [4.78, 5) is 24.8. The molecule has 0 heterocycles. The van der Waals surface area contributed by atoms with E-state index < -0.39 is 6.04 Å². The van der Waals surface area contributed by atoms with Crippen molar-refractivity contribution < 1.29 is 14.7 Å². The predicted octanol–water partition coefficient (Wildman–Crippen LogP) is 3.09. The van der Waals surface area contributed by atoms with Gasteiger partial charge in [-0.05, 0) is 37.1 Å². The minimum absolute atomic E-state index is 0.0672. The first-order valence-corrected chi connectivity index (χ1v) is 7.84.